The van der Waals surface area contributed by atoms with Crippen molar-refractivity contribution >= 4 is 44.2 Å². The van der Waals surface area contributed by atoms with Gasteiger partial charge in [-0.2, -0.15) is 0 Å². The summed E-state index contributed by atoms with van der Waals surface area (Å²) < 4.78 is 17.5. The van der Waals surface area contributed by atoms with Crippen LogP contribution in [-0.2, 0) is 0 Å². The summed E-state index contributed by atoms with van der Waals surface area (Å²) >= 11 is 7.81. The number of benzene rings is 2. The van der Waals surface area contributed by atoms with Gasteiger partial charge in [-0.15, -0.1) is 0 Å². The Bertz CT molecular complexity index is 1120. The fourth-order valence-corrected chi connectivity index (χ4v) is 4.90. The predicted molar refractivity (Wildman–Crippen MR) is 128 cm³/mol. The highest BCUT2D eigenvalue weighted by atomic mass is 35.5. The zero-order valence-electron chi connectivity index (χ0n) is 18.4. The van der Waals surface area contributed by atoms with E-state index in [2.05, 4.69) is 18.7 Å². The van der Waals surface area contributed by atoms with Crippen LogP contribution in [0.15, 0.2) is 30.3 Å². The number of carbonyl (C=O) groups excluding carboxylic acids is 1. The van der Waals surface area contributed by atoms with E-state index < -0.39 is 0 Å². The molecule has 1 aromatic heterocycles. The molecule has 1 aliphatic heterocycles. The standard InChI is InChI=1S/C23H26ClN3O4S/c1-4-26(5-2)10-11-27(22(28)15-6-8-17-19(14-15)31-13-12-30-17)23-25-20-18(29-3)9-7-16(24)21(20)32-23/h6-9,14H,4-5,10-13H2,1-3H3. The van der Waals surface area contributed by atoms with Crippen molar-refractivity contribution in [3.63, 3.8) is 0 Å². The van der Waals surface area contributed by atoms with Gasteiger partial charge in [-0.3, -0.25) is 9.69 Å². The molecule has 170 valence electrons. The van der Waals surface area contributed by atoms with E-state index in [-0.39, 0.29) is 5.91 Å². The maximum atomic E-state index is 13.6. The number of likely N-dealkylation sites (N-methyl/N-ethyl adjacent to an activating group) is 1. The Morgan fingerprint density at radius 3 is 2.59 bits per heavy atom. The quantitative estimate of drug-likeness (QED) is 0.469. The Balaban J connectivity index is 1.72. The van der Waals surface area contributed by atoms with Crippen LogP contribution in [0.5, 0.6) is 17.2 Å². The molecule has 0 N–H and O–H groups in total. The number of aromatic nitrogens is 1. The fraction of sp³-hybridized carbons (Fsp3) is 0.391. The van der Waals surface area contributed by atoms with Crippen molar-refractivity contribution in [1.82, 2.24) is 9.88 Å². The number of anilines is 1. The maximum Gasteiger partial charge on any atom is 0.260 e. The average molecular weight is 476 g/mol. The van der Waals surface area contributed by atoms with E-state index in [0.717, 1.165) is 24.3 Å². The first kappa shape index (κ1) is 22.6. The Hall–Kier alpha value is -2.55. The van der Waals surface area contributed by atoms with Crippen LogP contribution in [0.3, 0.4) is 0 Å². The molecule has 0 aliphatic carbocycles. The molecular weight excluding hydrogens is 450 g/mol. The van der Waals surface area contributed by atoms with E-state index in [1.165, 1.54) is 11.3 Å². The summed E-state index contributed by atoms with van der Waals surface area (Å²) in [7, 11) is 1.60. The number of rotatable bonds is 8. The van der Waals surface area contributed by atoms with Crippen molar-refractivity contribution in [1.29, 1.82) is 0 Å². The Morgan fingerprint density at radius 1 is 1.12 bits per heavy atom. The Kier molecular flexibility index (Phi) is 7.03. The van der Waals surface area contributed by atoms with E-state index in [1.807, 2.05) is 0 Å². The zero-order valence-corrected chi connectivity index (χ0v) is 20.0. The summed E-state index contributed by atoms with van der Waals surface area (Å²) in [4.78, 5) is 22.4. The highest BCUT2D eigenvalue weighted by Crippen LogP contribution is 2.39. The molecule has 2 aromatic carbocycles. The number of hydrogen-bond donors (Lipinski definition) is 0. The predicted octanol–water partition coefficient (Wildman–Crippen LogP) is 4.72. The molecule has 0 spiro atoms. The molecule has 0 saturated heterocycles. The van der Waals surface area contributed by atoms with Gasteiger partial charge < -0.3 is 19.1 Å². The molecule has 3 aromatic rings. The molecule has 1 amide bonds. The minimum absolute atomic E-state index is 0.150. The summed E-state index contributed by atoms with van der Waals surface area (Å²) in [6, 6.07) is 8.86. The molecule has 9 heteroatoms. The number of ether oxygens (including phenoxy) is 3. The van der Waals surface area contributed by atoms with Gasteiger partial charge in [0.15, 0.2) is 16.6 Å². The van der Waals surface area contributed by atoms with E-state index in [9.17, 15) is 4.79 Å². The van der Waals surface area contributed by atoms with Crippen LogP contribution in [-0.4, -0.2) is 62.3 Å². The van der Waals surface area contributed by atoms with Gasteiger partial charge >= 0.3 is 0 Å². The van der Waals surface area contributed by atoms with Gasteiger partial charge in [0.25, 0.3) is 5.91 Å². The van der Waals surface area contributed by atoms with Gasteiger partial charge in [0.2, 0.25) is 0 Å². The normalized spacial score (nSPS) is 12.9. The topological polar surface area (TPSA) is 64.1 Å². The van der Waals surface area contributed by atoms with E-state index in [4.69, 9.17) is 30.8 Å². The lowest BCUT2D eigenvalue weighted by molar-refractivity contribution is 0.0982. The van der Waals surface area contributed by atoms with Crippen LogP contribution in [0, 0.1) is 0 Å². The zero-order chi connectivity index (χ0) is 22.7. The number of thiazole rings is 1. The van der Waals surface area contributed by atoms with Crippen LogP contribution in [0.4, 0.5) is 5.13 Å². The second-order valence-corrected chi connectivity index (χ2v) is 8.65. The van der Waals surface area contributed by atoms with E-state index in [0.29, 0.717) is 58.2 Å². The Morgan fingerprint density at radius 2 is 1.88 bits per heavy atom. The van der Waals surface area contributed by atoms with Crippen molar-refractivity contribution in [2.24, 2.45) is 0 Å². The van der Waals surface area contributed by atoms with Gasteiger partial charge in [0.1, 0.15) is 24.5 Å². The van der Waals surface area contributed by atoms with Crippen molar-refractivity contribution < 1.29 is 19.0 Å². The molecule has 7 nitrogen and oxygen atoms in total. The number of halogens is 1. The molecule has 4 rings (SSSR count). The van der Waals surface area contributed by atoms with E-state index >= 15 is 0 Å². The lowest BCUT2D eigenvalue weighted by Gasteiger charge is -2.25. The molecule has 0 radical (unpaired) electrons. The Labute approximate surface area is 196 Å². The second kappa shape index (κ2) is 9.94. The van der Waals surface area contributed by atoms with Crippen LogP contribution in [0.2, 0.25) is 5.02 Å². The van der Waals surface area contributed by atoms with Gasteiger partial charge in [-0.05, 0) is 43.4 Å². The van der Waals surface area contributed by atoms with Crippen molar-refractivity contribution in [3.8, 4) is 17.2 Å². The largest absolute Gasteiger partial charge is 0.494 e. The van der Waals surface area contributed by atoms with Gasteiger partial charge in [-0.1, -0.05) is 36.8 Å². The van der Waals surface area contributed by atoms with Crippen LogP contribution < -0.4 is 19.1 Å². The molecule has 2 heterocycles. The SMILES string of the molecule is CCN(CC)CCN(C(=O)c1ccc2c(c1)OCCO2)c1nc2c(OC)ccc(Cl)c2s1. The average Bonchev–Trinajstić information content (AvgIpc) is 3.27. The van der Waals surface area contributed by atoms with E-state index in [1.54, 1.807) is 42.3 Å². The van der Waals surface area contributed by atoms with Crippen LogP contribution >= 0.6 is 22.9 Å². The third kappa shape index (κ3) is 4.48. The highest BCUT2D eigenvalue weighted by molar-refractivity contribution is 7.23. The second-order valence-electron chi connectivity index (χ2n) is 7.27. The number of hydrogen-bond acceptors (Lipinski definition) is 7. The molecular formula is C23H26ClN3O4S. The number of fused-ring (bicyclic) bond motifs is 2. The smallest absolute Gasteiger partial charge is 0.260 e. The number of nitrogens with zero attached hydrogens (tertiary/aromatic N) is 3. The first-order valence-corrected chi connectivity index (χ1v) is 11.8. The van der Waals surface area contributed by atoms with Gasteiger partial charge in [-0.25, -0.2) is 4.98 Å². The molecule has 0 atom stereocenters. The molecule has 0 unspecified atom stereocenters. The molecule has 1 aliphatic rings. The molecule has 32 heavy (non-hydrogen) atoms. The third-order valence-corrected chi connectivity index (χ3v) is 7.01. The fourth-order valence-electron chi connectivity index (χ4n) is 3.62. The summed E-state index contributed by atoms with van der Waals surface area (Å²) in [6.45, 7) is 8.22. The summed E-state index contributed by atoms with van der Waals surface area (Å²) in [5.41, 5.74) is 1.17. The lowest BCUT2D eigenvalue weighted by atomic mass is 10.1. The number of amides is 1. The highest BCUT2D eigenvalue weighted by Gasteiger charge is 2.25. The van der Waals surface area contributed by atoms with Crippen LogP contribution in [0.1, 0.15) is 24.2 Å². The van der Waals surface area contributed by atoms with Crippen LogP contribution in [0.25, 0.3) is 10.2 Å². The van der Waals surface area contributed by atoms with Gasteiger partial charge in [0, 0.05) is 18.7 Å². The number of methoxy groups -OCH3 is 1. The van der Waals surface area contributed by atoms with Crippen molar-refractivity contribution in [2.45, 2.75) is 13.8 Å². The molecule has 0 bridgehead atoms. The minimum atomic E-state index is -0.150. The van der Waals surface area contributed by atoms with Crippen molar-refractivity contribution in [3.05, 3.63) is 40.9 Å². The number of carbonyl (C=O) groups is 1. The maximum absolute atomic E-state index is 13.6. The first-order chi connectivity index (χ1) is 15.5. The molecule has 0 saturated carbocycles. The molecule has 0 fully saturated rings. The van der Waals surface area contributed by atoms with Gasteiger partial charge in [0.05, 0.1) is 16.8 Å². The monoisotopic (exact) mass is 475 g/mol. The summed E-state index contributed by atoms with van der Waals surface area (Å²) in [5.74, 6) is 1.71. The summed E-state index contributed by atoms with van der Waals surface area (Å²) in [6.07, 6.45) is 0. The third-order valence-electron chi connectivity index (χ3n) is 5.47. The summed E-state index contributed by atoms with van der Waals surface area (Å²) in [5, 5.41) is 1.17. The lowest BCUT2D eigenvalue weighted by Crippen LogP contribution is -2.39. The first-order valence-electron chi connectivity index (χ1n) is 10.6. The minimum Gasteiger partial charge on any atom is -0.494 e. The van der Waals surface area contributed by atoms with Crippen molar-refractivity contribution in [2.75, 3.05) is 51.4 Å².